The Morgan fingerprint density at radius 3 is 2.46 bits per heavy atom. The zero-order chi connectivity index (χ0) is 18.8. The number of piperidine rings is 1. The molecule has 138 valence electrons. The van der Waals surface area contributed by atoms with Crippen molar-refractivity contribution in [2.24, 2.45) is 0 Å². The van der Waals surface area contributed by atoms with Crippen LogP contribution in [0.2, 0.25) is 0 Å². The maximum absolute atomic E-state index is 12.6. The predicted molar refractivity (Wildman–Crippen MR) is 110 cm³/mol. The normalized spacial score (nSPS) is 20.1. The number of benzene rings is 2. The van der Waals surface area contributed by atoms with Gasteiger partial charge in [-0.1, -0.05) is 17.7 Å². The van der Waals surface area contributed by atoms with Crippen molar-refractivity contribution in [2.75, 3.05) is 16.0 Å². The van der Waals surface area contributed by atoms with E-state index in [1.54, 1.807) is 0 Å². The quantitative estimate of drug-likeness (QED) is 0.773. The van der Waals surface area contributed by atoms with Crippen molar-refractivity contribution >= 4 is 23.0 Å². The topological polar surface area (TPSA) is 58.4 Å². The zero-order valence-corrected chi connectivity index (χ0v) is 16.2. The van der Waals surface area contributed by atoms with Gasteiger partial charge in [-0.3, -0.25) is 4.79 Å². The van der Waals surface area contributed by atoms with Crippen LogP contribution in [-0.4, -0.2) is 18.0 Å². The average Bonchev–Trinajstić information content (AvgIpc) is 2.58. The van der Waals surface area contributed by atoms with Crippen molar-refractivity contribution in [1.82, 2.24) is 0 Å². The fraction of sp³-hybridized carbons (Fsp3) is 0.409. The number of aryl methyl sites for hydroxylation is 2. The molecule has 1 aliphatic heterocycles. The highest BCUT2D eigenvalue weighted by molar-refractivity contribution is 6.06. The van der Waals surface area contributed by atoms with Gasteiger partial charge in [0.15, 0.2) is 0 Å². The summed E-state index contributed by atoms with van der Waals surface area (Å²) in [7, 11) is 0. The van der Waals surface area contributed by atoms with E-state index in [-0.39, 0.29) is 5.91 Å². The van der Waals surface area contributed by atoms with Crippen LogP contribution in [0.25, 0.3) is 0 Å². The highest BCUT2D eigenvalue weighted by atomic mass is 16.1. The fourth-order valence-electron chi connectivity index (χ4n) is 3.98. The first kappa shape index (κ1) is 18.3. The second-order valence-corrected chi connectivity index (χ2v) is 7.59. The van der Waals surface area contributed by atoms with Gasteiger partial charge in [0, 0.05) is 23.3 Å². The molecular weight excluding hydrogens is 322 g/mol. The Hall–Kier alpha value is -2.49. The van der Waals surface area contributed by atoms with Gasteiger partial charge in [0.2, 0.25) is 0 Å². The number of anilines is 3. The first-order chi connectivity index (χ1) is 12.4. The Kier molecular flexibility index (Phi) is 5.21. The molecule has 0 spiro atoms. The lowest BCUT2D eigenvalue weighted by Crippen LogP contribution is -2.44. The van der Waals surface area contributed by atoms with Gasteiger partial charge < -0.3 is 16.0 Å². The van der Waals surface area contributed by atoms with Crippen molar-refractivity contribution in [3.05, 3.63) is 53.1 Å². The molecule has 0 aliphatic carbocycles. The van der Waals surface area contributed by atoms with Gasteiger partial charge in [0.1, 0.15) is 0 Å². The molecule has 2 aromatic carbocycles. The van der Waals surface area contributed by atoms with Crippen LogP contribution in [0.4, 0.5) is 17.1 Å². The summed E-state index contributed by atoms with van der Waals surface area (Å²) < 4.78 is 0. The number of nitrogen functional groups attached to an aromatic ring is 1. The van der Waals surface area contributed by atoms with Crippen LogP contribution in [0.3, 0.4) is 0 Å². The second-order valence-electron chi connectivity index (χ2n) is 7.59. The first-order valence-electron chi connectivity index (χ1n) is 9.43. The smallest absolute Gasteiger partial charge is 0.255 e. The first-order valence-corrected chi connectivity index (χ1v) is 9.43. The number of hydrogen-bond acceptors (Lipinski definition) is 3. The van der Waals surface area contributed by atoms with Gasteiger partial charge in [-0.2, -0.15) is 0 Å². The highest BCUT2D eigenvalue weighted by Gasteiger charge is 2.26. The van der Waals surface area contributed by atoms with E-state index in [0.717, 1.165) is 11.1 Å². The standard InChI is InChI=1S/C22H29N3O/c1-14-7-5-10-18(11-14)22(26)24-20-13-21(15(2)12-19(20)23)25-16(3)8-6-9-17(25)4/h5,7,10-13,16-17H,6,8-9,23H2,1-4H3,(H,24,26)/t16-,17-/m0/s1. The fourth-order valence-corrected chi connectivity index (χ4v) is 3.98. The SMILES string of the molecule is Cc1cccc(C(=O)Nc2cc(N3[C@@H](C)CCC[C@@H]3C)c(C)cc2N)c1. The Morgan fingerprint density at radius 1 is 1.12 bits per heavy atom. The van der Waals surface area contributed by atoms with E-state index in [4.69, 9.17) is 5.73 Å². The van der Waals surface area contributed by atoms with Crippen molar-refractivity contribution in [3.63, 3.8) is 0 Å². The summed E-state index contributed by atoms with van der Waals surface area (Å²) in [6.45, 7) is 8.62. The molecule has 1 saturated heterocycles. The number of nitrogens with two attached hydrogens (primary N) is 1. The number of nitrogens with one attached hydrogen (secondary N) is 1. The molecule has 1 fully saturated rings. The largest absolute Gasteiger partial charge is 0.397 e. The minimum absolute atomic E-state index is 0.130. The van der Waals surface area contributed by atoms with Crippen LogP contribution in [-0.2, 0) is 0 Å². The lowest BCUT2D eigenvalue weighted by Gasteiger charge is -2.42. The average molecular weight is 351 g/mol. The summed E-state index contributed by atoms with van der Waals surface area (Å²) in [5, 5.41) is 3.00. The molecule has 1 aliphatic rings. The minimum Gasteiger partial charge on any atom is -0.397 e. The molecule has 4 heteroatoms. The van der Waals surface area contributed by atoms with E-state index in [0.29, 0.717) is 29.0 Å². The molecule has 2 atom stereocenters. The van der Waals surface area contributed by atoms with Crippen molar-refractivity contribution < 1.29 is 4.79 Å². The molecule has 3 rings (SSSR count). The van der Waals surface area contributed by atoms with Crippen molar-refractivity contribution in [3.8, 4) is 0 Å². The monoisotopic (exact) mass is 351 g/mol. The number of carbonyl (C=O) groups is 1. The lowest BCUT2D eigenvalue weighted by molar-refractivity contribution is 0.102. The van der Waals surface area contributed by atoms with Gasteiger partial charge in [-0.25, -0.2) is 0 Å². The van der Waals surface area contributed by atoms with E-state index in [1.807, 2.05) is 43.3 Å². The third-order valence-electron chi connectivity index (χ3n) is 5.37. The maximum atomic E-state index is 12.6. The molecule has 0 unspecified atom stereocenters. The molecule has 0 radical (unpaired) electrons. The van der Waals surface area contributed by atoms with E-state index in [9.17, 15) is 4.79 Å². The summed E-state index contributed by atoms with van der Waals surface area (Å²) >= 11 is 0. The molecule has 2 aromatic rings. The van der Waals surface area contributed by atoms with E-state index in [2.05, 4.69) is 31.0 Å². The molecule has 1 heterocycles. The molecule has 1 amide bonds. The minimum atomic E-state index is -0.130. The van der Waals surface area contributed by atoms with Crippen LogP contribution in [0.5, 0.6) is 0 Å². The summed E-state index contributed by atoms with van der Waals surface area (Å²) in [4.78, 5) is 15.1. The third-order valence-corrected chi connectivity index (χ3v) is 5.37. The van der Waals surface area contributed by atoms with Crippen LogP contribution < -0.4 is 16.0 Å². The number of carbonyl (C=O) groups excluding carboxylic acids is 1. The van der Waals surface area contributed by atoms with E-state index >= 15 is 0 Å². The molecular formula is C22H29N3O. The molecule has 0 saturated carbocycles. The molecule has 26 heavy (non-hydrogen) atoms. The molecule has 3 N–H and O–H groups in total. The molecule has 0 aromatic heterocycles. The van der Waals surface area contributed by atoms with Crippen LogP contribution in [0, 0.1) is 13.8 Å². The molecule has 0 bridgehead atoms. The van der Waals surface area contributed by atoms with Crippen LogP contribution in [0.1, 0.15) is 54.6 Å². The van der Waals surface area contributed by atoms with Crippen LogP contribution >= 0.6 is 0 Å². The van der Waals surface area contributed by atoms with Gasteiger partial charge in [-0.05, 0) is 76.8 Å². The predicted octanol–water partition coefficient (Wildman–Crippen LogP) is 4.91. The lowest BCUT2D eigenvalue weighted by atomic mass is 9.95. The summed E-state index contributed by atoms with van der Waals surface area (Å²) in [6.07, 6.45) is 3.65. The summed E-state index contributed by atoms with van der Waals surface area (Å²) in [6, 6.07) is 12.6. The Labute approximate surface area is 156 Å². The van der Waals surface area contributed by atoms with Gasteiger partial charge >= 0.3 is 0 Å². The van der Waals surface area contributed by atoms with Gasteiger partial charge in [0.25, 0.3) is 5.91 Å². The number of nitrogens with zero attached hydrogens (tertiary/aromatic N) is 1. The maximum Gasteiger partial charge on any atom is 0.255 e. The highest BCUT2D eigenvalue weighted by Crippen LogP contribution is 2.36. The number of amides is 1. The summed E-state index contributed by atoms with van der Waals surface area (Å²) in [5.74, 6) is -0.130. The van der Waals surface area contributed by atoms with Crippen LogP contribution in [0.15, 0.2) is 36.4 Å². The number of rotatable bonds is 3. The number of hydrogen-bond donors (Lipinski definition) is 2. The van der Waals surface area contributed by atoms with E-state index in [1.165, 1.54) is 24.9 Å². The zero-order valence-electron chi connectivity index (χ0n) is 16.2. The van der Waals surface area contributed by atoms with Gasteiger partial charge in [0.05, 0.1) is 11.4 Å². The Balaban J connectivity index is 1.92. The Bertz CT molecular complexity index is 805. The Morgan fingerprint density at radius 2 is 1.81 bits per heavy atom. The van der Waals surface area contributed by atoms with Crippen molar-refractivity contribution in [2.45, 2.75) is 59.0 Å². The van der Waals surface area contributed by atoms with Crippen molar-refractivity contribution in [1.29, 1.82) is 0 Å². The summed E-state index contributed by atoms with van der Waals surface area (Å²) in [5.41, 5.74) is 11.5. The van der Waals surface area contributed by atoms with Gasteiger partial charge in [-0.15, -0.1) is 0 Å². The second kappa shape index (κ2) is 7.40. The molecule has 4 nitrogen and oxygen atoms in total. The van der Waals surface area contributed by atoms with E-state index < -0.39 is 0 Å². The third kappa shape index (κ3) is 3.69.